The minimum Gasteiger partial charge on any atom is -0.359 e. The van der Waals surface area contributed by atoms with Crippen LogP contribution >= 0.6 is 0 Å². The highest BCUT2D eigenvalue weighted by atomic mass is 16.5. The van der Waals surface area contributed by atoms with Crippen molar-refractivity contribution in [1.82, 2.24) is 25.3 Å². The second-order valence-electron chi connectivity index (χ2n) is 7.86. The Morgan fingerprint density at radius 3 is 2.97 bits per heavy atom. The van der Waals surface area contributed by atoms with Crippen LogP contribution in [0.2, 0.25) is 0 Å². The minimum absolute atomic E-state index is 0.0385. The molecule has 2 fully saturated rings. The molecule has 0 aromatic carbocycles. The summed E-state index contributed by atoms with van der Waals surface area (Å²) in [4.78, 5) is 33.3. The lowest BCUT2D eigenvalue weighted by molar-refractivity contribution is -0.139. The van der Waals surface area contributed by atoms with Crippen LogP contribution < -0.4 is 5.32 Å². The van der Waals surface area contributed by atoms with Gasteiger partial charge in [0, 0.05) is 50.2 Å². The summed E-state index contributed by atoms with van der Waals surface area (Å²) in [6, 6.07) is 5.59. The quantitative estimate of drug-likeness (QED) is 0.800. The molecule has 0 bridgehead atoms. The highest BCUT2D eigenvalue weighted by Gasteiger charge is 2.37. The topological polar surface area (TPSA) is 91.6 Å². The standard InChI is InChI=1S/C21H27N5O3/c1-25(14-17-11-18(24-29-17)15-5-4-8-22-13-15)20(27)12-19-21(28)23-9-10-26(19)16-6-2-3-7-16/h4-5,8,11,13,16,19H,2-3,6-7,9-10,12,14H2,1H3,(H,23,28)/t19-/m0/s1. The molecular formula is C21H27N5O3. The van der Waals surface area contributed by atoms with Gasteiger partial charge in [0.2, 0.25) is 11.8 Å². The highest BCUT2D eigenvalue weighted by molar-refractivity contribution is 5.88. The first-order valence-corrected chi connectivity index (χ1v) is 10.3. The van der Waals surface area contributed by atoms with Crippen LogP contribution in [0.3, 0.4) is 0 Å². The van der Waals surface area contributed by atoms with Crippen molar-refractivity contribution in [1.29, 1.82) is 0 Å². The fraction of sp³-hybridized carbons (Fsp3) is 0.524. The molecule has 2 aromatic rings. The molecule has 1 N–H and O–H groups in total. The molecule has 8 heteroatoms. The Hall–Kier alpha value is -2.74. The van der Waals surface area contributed by atoms with Gasteiger partial charge in [-0.1, -0.05) is 18.0 Å². The van der Waals surface area contributed by atoms with Crippen molar-refractivity contribution in [2.75, 3.05) is 20.1 Å². The summed E-state index contributed by atoms with van der Waals surface area (Å²) in [6.07, 6.45) is 8.24. The van der Waals surface area contributed by atoms with Gasteiger partial charge < -0.3 is 14.7 Å². The van der Waals surface area contributed by atoms with Gasteiger partial charge in [0.15, 0.2) is 5.76 Å². The summed E-state index contributed by atoms with van der Waals surface area (Å²) >= 11 is 0. The number of carbonyl (C=O) groups excluding carboxylic acids is 2. The molecule has 2 aromatic heterocycles. The van der Waals surface area contributed by atoms with E-state index in [1.165, 1.54) is 12.8 Å². The zero-order valence-electron chi connectivity index (χ0n) is 16.7. The summed E-state index contributed by atoms with van der Waals surface area (Å²) in [5.41, 5.74) is 1.55. The Morgan fingerprint density at radius 1 is 1.38 bits per heavy atom. The Bertz CT molecular complexity index is 847. The molecule has 0 unspecified atom stereocenters. The van der Waals surface area contributed by atoms with Gasteiger partial charge in [0.1, 0.15) is 5.69 Å². The van der Waals surface area contributed by atoms with E-state index in [0.29, 0.717) is 30.6 Å². The van der Waals surface area contributed by atoms with E-state index in [-0.39, 0.29) is 24.3 Å². The summed E-state index contributed by atoms with van der Waals surface area (Å²) < 4.78 is 5.39. The summed E-state index contributed by atoms with van der Waals surface area (Å²) in [6.45, 7) is 1.78. The molecule has 1 saturated carbocycles. The van der Waals surface area contributed by atoms with Crippen molar-refractivity contribution in [2.45, 2.75) is 50.7 Å². The van der Waals surface area contributed by atoms with Crippen LogP contribution in [0.4, 0.5) is 0 Å². The van der Waals surface area contributed by atoms with Gasteiger partial charge in [-0.2, -0.15) is 0 Å². The van der Waals surface area contributed by atoms with Crippen molar-refractivity contribution in [3.05, 3.63) is 36.4 Å². The molecule has 8 nitrogen and oxygen atoms in total. The van der Waals surface area contributed by atoms with Crippen LogP contribution in [0, 0.1) is 0 Å². The molecule has 0 radical (unpaired) electrons. The van der Waals surface area contributed by atoms with Crippen molar-refractivity contribution in [2.24, 2.45) is 0 Å². The number of hydrogen-bond donors (Lipinski definition) is 1. The lowest BCUT2D eigenvalue weighted by Crippen LogP contribution is -2.59. The molecule has 3 heterocycles. The van der Waals surface area contributed by atoms with Crippen molar-refractivity contribution < 1.29 is 14.1 Å². The third-order valence-corrected chi connectivity index (χ3v) is 5.87. The van der Waals surface area contributed by atoms with E-state index in [0.717, 1.165) is 24.9 Å². The fourth-order valence-corrected chi connectivity index (χ4v) is 4.30. The molecule has 4 rings (SSSR count). The molecule has 1 aliphatic heterocycles. The predicted octanol–water partition coefficient (Wildman–Crippen LogP) is 1.83. The molecule has 0 spiro atoms. The summed E-state index contributed by atoms with van der Waals surface area (Å²) in [7, 11) is 1.73. The molecule has 29 heavy (non-hydrogen) atoms. The van der Waals surface area contributed by atoms with Gasteiger partial charge in [-0.15, -0.1) is 0 Å². The summed E-state index contributed by atoms with van der Waals surface area (Å²) in [5, 5.41) is 6.98. The van der Waals surface area contributed by atoms with Crippen molar-refractivity contribution >= 4 is 11.8 Å². The van der Waals surface area contributed by atoms with Crippen LogP contribution in [0.1, 0.15) is 37.9 Å². The molecule has 154 valence electrons. The molecule has 1 saturated heterocycles. The van der Waals surface area contributed by atoms with E-state index in [1.54, 1.807) is 24.3 Å². The first-order valence-electron chi connectivity index (χ1n) is 10.3. The fourth-order valence-electron chi connectivity index (χ4n) is 4.30. The number of nitrogens with zero attached hydrogens (tertiary/aromatic N) is 4. The number of carbonyl (C=O) groups is 2. The number of piperazine rings is 1. The van der Waals surface area contributed by atoms with Gasteiger partial charge in [-0.3, -0.25) is 19.5 Å². The average molecular weight is 397 g/mol. The monoisotopic (exact) mass is 397 g/mol. The van der Waals surface area contributed by atoms with Crippen molar-refractivity contribution in [3.63, 3.8) is 0 Å². The number of rotatable bonds is 6. The van der Waals surface area contributed by atoms with Crippen LogP contribution in [0.15, 0.2) is 35.1 Å². The maximum absolute atomic E-state index is 12.8. The zero-order valence-corrected chi connectivity index (χ0v) is 16.7. The van der Waals surface area contributed by atoms with Gasteiger partial charge >= 0.3 is 0 Å². The normalized spacial score (nSPS) is 20.6. The maximum atomic E-state index is 12.8. The number of amides is 2. The Labute approximate surface area is 170 Å². The maximum Gasteiger partial charge on any atom is 0.237 e. The third-order valence-electron chi connectivity index (χ3n) is 5.87. The number of hydrogen-bond acceptors (Lipinski definition) is 6. The van der Waals surface area contributed by atoms with E-state index in [2.05, 4.69) is 20.4 Å². The molecule has 1 atom stereocenters. The smallest absolute Gasteiger partial charge is 0.237 e. The predicted molar refractivity (Wildman–Crippen MR) is 107 cm³/mol. The van der Waals surface area contributed by atoms with E-state index in [4.69, 9.17) is 4.52 Å². The van der Waals surface area contributed by atoms with E-state index < -0.39 is 0 Å². The van der Waals surface area contributed by atoms with Crippen LogP contribution in [0.5, 0.6) is 0 Å². The second kappa shape index (κ2) is 8.73. The zero-order chi connectivity index (χ0) is 20.2. The first kappa shape index (κ1) is 19.6. The lowest BCUT2D eigenvalue weighted by Gasteiger charge is -2.39. The highest BCUT2D eigenvalue weighted by Crippen LogP contribution is 2.27. The second-order valence-corrected chi connectivity index (χ2v) is 7.86. The van der Waals surface area contributed by atoms with Crippen LogP contribution in [-0.4, -0.2) is 64.0 Å². The van der Waals surface area contributed by atoms with E-state index >= 15 is 0 Å². The average Bonchev–Trinajstić information content (AvgIpc) is 3.42. The number of pyridine rings is 1. The largest absolute Gasteiger partial charge is 0.359 e. The first-order chi connectivity index (χ1) is 14.1. The van der Waals surface area contributed by atoms with Gasteiger partial charge in [0.05, 0.1) is 19.0 Å². The third kappa shape index (κ3) is 4.48. The SMILES string of the molecule is CN(Cc1cc(-c2cccnc2)no1)C(=O)C[C@H]1C(=O)NCCN1C1CCCC1. The Morgan fingerprint density at radius 2 is 2.21 bits per heavy atom. The minimum atomic E-state index is -0.387. The summed E-state index contributed by atoms with van der Waals surface area (Å²) in [5.74, 6) is 0.484. The number of aromatic nitrogens is 2. The van der Waals surface area contributed by atoms with Crippen molar-refractivity contribution in [3.8, 4) is 11.3 Å². The molecular weight excluding hydrogens is 370 g/mol. The van der Waals surface area contributed by atoms with E-state index in [1.807, 2.05) is 18.2 Å². The Kier molecular flexibility index (Phi) is 5.89. The molecule has 1 aliphatic carbocycles. The lowest BCUT2D eigenvalue weighted by atomic mass is 10.0. The molecule has 2 aliphatic rings. The van der Waals surface area contributed by atoms with Gasteiger partial charge in [-0.05, 0) is 25.0 Å². The molecule has 2 amide bonds. The van der Waals surface area contributed by atoms with Gasteiger partial charge in [-0.25, -0.2) is 0 Å². The van der Waals surface area contributed by atoms with Crippen LogP contribution in [0.25, 0.3) is 11.3 Å². The van der Waals surface area contributed by atoms with E-state index in [9.17, 15) is 9.59 Å². The number of nitrogens with one attached hydrogen (secondary N) is 1. The Balaban J connectivity index is 1.38. The van der Waals surface area contributed by atoms with Gasteiger partial charge in [0.25, 0.3) is 0 Å². The van der Waals surface area contributed by atoms with Crippen LogP contribution in [-0.2, 0) is 16.1 Å².